The van der Waals surface area contributed by atoms with Crippen LogP contribution in [0.3, 0.4) is 0 Å². The van der Waals surface area contributed by atoms with E-state index in [0.29, 0.717) is 6.04 Å². The normalized spacial score (nSPS) is 26.4. The molecular weight excluding hydrogens is 252 g/mol. The molecule has 0 bridgehead atoms. The fourth-order valence-electron chi connectivity index (χ4n) is 3.12. The lowest BCUT2D eigenvalue weighted by atomic mass is 9.93. The molecule has 0 spiro atoms. The maximum Gasteiger partial charge on any atom is 0.0155 e. The van der Waals surface area contributed by atoms with Crippen molar-refractivity contribution >= 4 is 11.8 Å². The van der Waals surface area contributed by atoms with Crippen LogP contribution in [0.2, 0.25) is 0 Å². The summed E-state index contributed by atoms with van der Waals surface area (Å²) < 4.78 is 0. The first-order valence-corrected chi connectivity index (χ1v) is 9.51. The molecule has 0 aromatic rings. The molecule has 1 rings (SSSR count). The smallest absolute Gasteiger partial charge is 0.0155 e. The Morgan fingerprint density at radius 3 is 2.68 bits per heavy atom. The number of rotatable bonds is 8. The summed E-state index contributed by atoms with van der Waals surface area (Å²) >= 11 is 1.96. The van der Waals surface area contributed by atoms with E-state index in [0.717, 1.165) is 12.0 Å². The third-order valence-electron chi connectivity index (χ3n) is 4.50. The highest BCUT2D eigenvalue weighted by Crippen LogP contribution is 2.25. The summed E-state index contributed by atoms with van der Waals surface area (Å²) in [7, 11) is 2.31. The molecule has 3 heteroatoms. The Bertz CT molecular complexity index is 223. The van der Waals surface area contributed by atoms with Crippen LogP contribution >= 0.6 is 11.8 Å². The molecule has 1 N–H and O–H groups in total. The minimum absolute atomic E-state index is 0.699. The van der Waals surface area contributed by atoms with Crippen molar-refractivity contribution in [2.75, 3.05) is 32.1 Å². The zero-order valence-corrected chi connectivity index (χ0v) is 14.3. The molecule has 19 heavy (non-hydrogen) atoms. The van der Waals surface area contributed by atoms with Gasteiger partial charge in [-0.15, -0.1) is 0 Å². The summed E-state index contributed by atoms with van der Waals surface area (Å²) in [6.45, 7) is 7.08. The Morgan fingerprint density at radius 2 is 2.00 bits per heavy atom. The van der Waals surface area contributed by atoms with Crippen LogP contribution in [0.15, 0.2) is 0 Å². The van der Waals surface area contributed by atoms with Crippen LogP contribution in [-0.2, 0) is 0 Å². The molecule has 0 heterocycles. The summed E-state index contributed by atoms with van der Waals surface area (Å²) in [6.07, 6.45) is 10.5. The number of hydrogen-bond donors (Lipinski definition) is 1. The van der Waals surface area contributed by atoms with Gasteiger partial charge in [-0.2, -0.15) is 11.8 Å². The van der Waals surface area contributed by atoms with Gasteiger partial charge in [-0.25, -0.2) is 0 Å². The number of nitrogens with one attached hydrogen (secondary N) is 1. The molecule has 0 saturated heterocycles. The summed E-state index contributed by atoms with van der Waals surface area (Å²) in [5.74, 6) is 2.10. The van der Waals surface area contributed by atoms with E-state index < -0.39 is 0 Å². The largest absolute Gasteiger partial charge is 0.314 e. The van der Waals surface area contributed by atoms with E-state index >= 15 is 0 Å². The number of nitrogens with zero attached hydrogens (tertiary/aromatic N) is 1. The van der Waals surface area contributed by atoms with Gasteiger partial charge in [0, 0.05) is 24.4 Å². The molecule has 114 valence electrons. The zero-order chi connectivity index (χ0) is 14.1. The van der Waals surface area contributed by atoms with Crippen molar-refractivity contribution < 1.29 is 0 Å². The summed E-state index contributed by atoms with van der Waals surface area (Å²) in [6, 6.07) is 1.46. The highest BCUT2D eigenvalue weighted by atomic mass is 32.2. The van der Waals surface area contributed by atoms with Gasteiger partial charge in [0.05, 0.1) is 0 Å². The summed E-state index contributed by atoms with van der Waals surface area (Å²) in [4.78, 5) is 2.58. The first kappa shape index (κ1) is 17.3. The Balaban J connectivity index is 2.48. The van der Waals surface area contributed by atoms with Crippen LogP contribution in [0, 0.1) is 5.92 Å². The van der Waals surface area contributed by atoms with Gasteiger partial charge in [-0.3, -0.25) is 0 Å². The Morgan fingerprint density at radius 1 is 1.26 bits per heavy atom. The minimum Gasteiger partial charge on any atom is -0.314 e. The first-order valence-electron chi connectivity index (χ1n) is 8.11. The van der Waals surface area contributed by atoms with Crippen LogP contribution in [-0.4, -0.2) is 49.1 Å². The van der Waals surface area contributed by atoms with Gasteiger partial charge < -0.3 is 10.2 Å². The molecule has 3 unspecified atom stereocenters. The van der Waals surface area contributed by atoms with Crippen molar-refractivity contribution in [1.82, 2.24) is 10.2 Å². The fourth-order valence-corrected chi connectivity index (χ4v) is 3.86. The van der Waals surface area contributed by atoms with Gasteiger partial charge in [0.2, 0.25) is 0 Å². The van der Waals surface area contributed by atoms with Crippen LogP contribution < -0.4 is 5.32 Å². The molecular formula is C16H34N2S. The van der Waals surface area contributed by atoms with Crippen LogP contribution in [0.25, 0.3) is 0 Å². The summed E-state index contributed by atoms with van der Waals surface area (Å²) in [5, 5.41) is 3.81. The van der Waals surface area contributed by atoms with Gasteiger partial charge >= 0.3 is 0 Å². The third-order valence-corrected chi connectivity index (χ3v) is 5.31. The van der Waals surface area contributed by atoms with E-state index in [4.69, 9.17) is 0 Å². The van der Waals surface area contributed by atoms with E-state index in [1.807, 2.05) is 11.8 Å². The first-order chi connectivity index (χ1) is 9.19. The lowest BCUT2D eigenvalue weighted by Crippen LogP contribution is -2.44. The number of thioether (sulfide) groups is 1. The van der Waals surface area contributed by atoms with E-state index in [1.54, 1.807) is 0 Å². The van der Waals surface area contributed by atoms with E-state index in [9.17, 15) is 0 Å². The van der Waals surface area contributed by atoms with Gasteiger partial charge in [0.25, 0.3) is 0 Å². The molecule has 1 fully saturated rings. The second kappa shape index (κ2) is 10.1. The molecule has 0 aromatic carbocycles. The Kier molecular flexibility index (Phi) is 9.17. The van der Waals surface area contributed by atoms with Crippen LogP contribution in [0.1, 0.15) is 52.4 Å². The van der Waals surface area contributed by atoms with Gasteiger partial charge in [0.15, 0.2) is 0 Å². The zero-order valence-electron chi connectivity index (χ0n) is 13.5. The predicted octanol–water partition coefficient (Wildman–Crippen LogP) is 3.62. The average molecular weight is 287 g/mol. The second-order valence-corrected chi connectivity index (χ2v) is 7.11. The van der Waals surface area contributed by atoms with Crippen LogP contribution in [0.4, 0.5) is 0 Å². The second-order valence-electron chi connectivity index (χ2n) is 6.20. The van der Waals surface area contributed by atoms with Crippen LogP contribution in [0.5, 0.6) is 0 Å². The predicted molar refractivity (Wildman–Crippen MR) is 89.1 cm³/mol. The van der Waals surface area contributed by atoms with E-state index in [1.165, 1.54) is 57.4 Å². The monoisotopic (exact) mass is 286 g/mol. The molecule has 3 atom stereocenters. The molecule has 0 aliphatic heterocycles. The van der Waals surface area contributed by atoms with Crippen molar-refractivity contribution in [1.29, 1.82) is 0 Å². The minimum atomic E-state index is 0.699. The number of hydrogen-bond acceptors (Lipinski definition) is 3. The molecule has 0 aromatic heterocycles. The molecule has 0 amide bonds. The lowest BCUT2D eigenvalue weighted by Gasteiger charge is -2.33. The SMILES string of the molecule is CCCNC1CCCCCC1CN(C)C(C)CSC. The Hall–Kier alpha value is 0.270. The van der Waals surface area contributed by atoms with Crippen molar-refractivity contribution in [2.24, 2.45) is 5.92 Å². The van der Waals surface area contributed by atoms with Gasteiger partial charge in [-0.1, -0.05) is 26.2 Å². The highest BCUT2D eigenvalue weighted by Gasteiger charge is 2.25. The lowest BCUT2D eigenvalue weighted by molar-refractivity contribution is 0.195. The maximum atomic E-state index is 3.81. The van der Waals surface area contributed by atoms with Crippen molar-refractivity contribution in [3.63, 3.8) is 0 Å². The quantitative estimate of drug-likeness (QED) is 0.686. The van der Waals surface area contributed by atoms with Crippen molar-refractivity contribution in [3.8, 4) is 0 Å². The van der Waals surface area contributed by atoms with E-state index in [-0.39, 0.29) is 0 Å². The maximum absolute atomic E-state index is 3.81. The van der Waals surface area contributed by atoms with E-state index in [2.05, 4.69) is 37.4 Å². The van der Waals surface area contributed by atoms with Crippen molar-refractivity contribution in [3.05, 3.63) is 0 Å². The van der Waals surface area contributed by atoms with Gasteiger partial charge in [0.1, 0.15) is 0 Å². The molecule has 1 aliphatic carbocycles. The topological polar surface area (TPSA) is 15.3 Å². The Labute approximate surface area is 125 Å². The molecule has 1 aliphatic rings. The molecule has 0 radical (unpaired) electrons. The molecule has 2 nitrogen and oxygen atoms in total. The molecule has 1 saturated carbocycles. The fraction of sp³-hybridized carbons (Fsp3) is 1.00. The third kappa shape index (κ3) is 6.50. The van der Waals surface area contributed by atoms with Gasteiger partial charge in [-0.05, 0) is 52.0 Å². The average Bonchev–Trinajstić information content (AvgIpc) is 2.62. The standard InChI is InChI=1S/C16H34N2S/c1-5-11-17-16-10-8-6-7-9-15(16)12-18(3)14(2)13-19-4/h14-17H,5-13H2,1-4H3. The van der Waals surface area contributed by atoms with Crippen molar-refractivity contribution in [2.45, 2.75) is 64.5 Å². The highest BCUT2D eigenvalue weighted by molar-refractivity contribution is 7.98. The summed E-state index contributed by atoms with van der Waals surface area (Å²) in [5.41, 5.74) is 0.